The lowest BCUT2D eigenvalue weighted by Crippen LogP contribution is -2.43. The average molecular weight is 158 g/mol. The van der Waals surface area contributed by atoms with Crippen LogP contribution in [-0.2, 0) is 0 Å². The molecule has 0 aromatic carbocycles. The molecule has 1 fully saturated rings. The third-order valence-electron chi connectivity index (χ3n) is 2.91. The molecule has 11 heavy (non-hydrogen) atoms. The fourth-order valence-electron chi connectivity index (χ4n) is 1.83. The first-order valence-corrected chi connectivity index (χ1v) is 4.40. The van der Waals surface area contributed by atoms with Crippen LogP contribution in [0.15, 0.2) is 0 Å². The summed E-state index contributed by atoms with van der Waals surface area (Å²) in [5.74, 6) is 0.498. The zero-order chi connectivity index (χ0) is 8.65. The van der Waals surface area contributed by atoms with E-state index in [2.05, 4.69) is 28.1 Å². The van der Waals surface area contributed by atoms with Crippen molar-refractivity contribution in [3.63, 3.8) is 0 Å². The minimum atomic E-state index is -0.0580. The number of nitrogens with zero attached hydrogens (tertiary/aromatic N) is 1. The summed E-state index contributed by atoms with van der Waals surface area (Å²) in [4.78, 5) is 0. The molecular weight excluding hydrogens is 138 g/mol. The van der Waals surface area contributed by atoms with E-state index in [1.807, 2.05) is 0 Å². The molecule has 3 atom stereocenters. The van der Waals surface area contributed by atoms with Crippen LogP contribution in [0.1, 0.15) is 19.8 Å². The highest BCUT2D eigenvalue weighted by Gasteiger charge is 2.37. The highest BCUT2D eigenvalue weighted by molar-refractivity contribution is 4.80. The van der Waals surface area contributed by atoms with Crippen LogP contribution in [0, 0.1) is 5.92 Å². The Hall–Kier alpha value is -0.0800. The maximum Gasteiger partial charge on any atom is 0.0912 e. The van der Waals surface area contributed by atoms with Crippen LogP contribution in [-0.4, -0.2) is 42.9 Å². The number of hydrogen-bond acceptors (Lipinski definition) is 1. The second-order valence-corrected chi connectivity index (χ2v) is 4.79. The summed E-state index contributed by atoms with van der Waals surface area (Å²) in [6.45, 7) is 2.14. The lowest BCUT2D eigenvalue weighted by molar-refractivity contribution is -0.895. The highest BCUT2D eigenvalue weighted by atomic mass is 16.3. The summed E-state index contributed by atoms with van der Waals surface area (Å²) < 4.78 is 0.988. The Bertz CT molecular complexity index is 129. The zero-order valence-electron chi connectivity index (χ0n) is 8.04. The number of quaternary nitrogens is 1. The van der Waals surface area contributed by atoms with Gasteiger partial charge in [0.2, 0.25) is 0 Å². The third-order valence-corrected chi connectivity index (χ3v) is 2.91. The molecule has 0 heterocycles. The van der Waals surface area contributed by atoms with E-state index in [1.165, 1.54) is 6.42 Å². The minimum Gasteiger partial charge on any atom is -0.393 e. The molecule has 0 aromatic heterocycles. The van der Waals surface area contributed by atoms with E-state index in [0.717, 1.165) is 10.9 Å². The molecule has 0 amide bonds. The van der Waals surface area contributed by atoms with Crippen molar-refractivity contribution in [3.05, 3.63) is 0 Å². The van der Waals surface area contributed by atoms with Crippen molar-refractivity contribution in [2.24, 2.45) is 5.92 Å². The van der Waals surface area contributed by atoms with Crippen molar-refractivity contribution in [1.82, 2.24) is 0 Å². The molecular formula is C9H20NO+. The monoisotopic (exact) mass is 158 g/mol. The first kappa shape index (κ1) is 9.01. The summed E-state index contributed by atoms with van der Waals surface area (Å²) in [6.07, 6.45) is 2.09. The van der Waals surface area contributed by atoms with Crippen LogP contribution in [0.3, 0.4) is 0 Å². The van der Waals surface area contributed by atoms with Crippen molar-refractivity contribution < 1.29 is 9.59 Å². The lowest BCUT2D eigenvalue weighted by atomic mass is 10.1. The Morgan fingerprint density at radius 2 is 1.73 bits per heavy atom. The molecule has 2 unspecified atom stereocenters. The van der Waals surface area contributed by atoms with E-state index >= 15 is 0 Å². The van der Waals surface area contributed by atoms with E-state index < -0.39 is 0 Å². The molecule has 2 heteroatoms. The second kappa shape index (κ2) is 2.76. The van der Waals surface area contributed by atoms with E-state index in [-0.39, 0.29) is 6.10 Å². The summed E-state index contributed by atoms with van der Waals surface area (Å²) in [6, 6.07) is 0.653. The highest BCUT2D eigenvalue weighted by Crippen LogP contribution is 2.30. The quantitative estimate of drug-likeness (QED) is 0.561. The van der Waals surface area contributed by atoms with Crippen molar-refractivity contribution in [3.8, 4) is 0 Å². The first-order chi connectivity index (χ1) is 4.91. The van der Waals surface area contributed by atoms with Crippen LogP contribution in [0.4, 0.5) is 0 Å². The van der Waals surface area contributed by atoms with E-state index in [1.54, 1.807) is 0 Å². The number of rotatable bonds is 1. The fourth-order valence-corrected chi connectivity index (χ4v) is 1.83. The fraction of sp³-hybridized carbons (Fsp3) is 1.00. The summed E-state index contributed by atoms with van der Waals surface area (Å²) in [5.41, 5.74) is 0. The van der Waals surface area contributed by atoms with Crippen LogP contribution in [0.5, 0.6) is 0 Å². The maximum atomic E-state index is 9.52. The number of aliphatic hydroxyl groups is 1. The maximum absolute atomic E-state index is 9.52. The Balaban J connectivity index is 2.54. The van der Waals surface area contributed by atoms with Crippen LogP contribution >= 0.6 is 0 Å². The largest absolute Gasteiger partial charge is 0.393 e. The molecule has 0 aromatic rings. The second-order valence-electron chi connectivity index (χ2n) is 4.79. The normalized spacial score (nSPS) is 39.5. The van der Waals surface area contributed by atoms with Crippen molar-refractivity contribution >= 4 is 0 Å². The van der Waals surface area contributed by atoms with Gasteiger partial charge in [0.05, 0.1) is 33.3 Å². The summed E-state index contributed by atoms with van der Waals surface area (Å²) in [5, 5.41) is 9.52. The van der Waals surface area contributed by atoms with Gasteiger partial charge in [0.25, 0.3) is 0 Å². The molecule has 1 N–H and O–H groups in total. The SMILES string of the molecule is CC1CC([N+](C)(C)C)C[C@H]1O. The minimum absolute atomic E-state index is 0.0580. The van der Waals surface area contributed by atoms with Gasteiger partial charge in [-0.25, -0.2) is 0 Å². The molecule has 0 aliphatic heterocycles. The van der Waals surface area contributed by atoms with Gasteiger partial charge in [0, 0.05) is 12.8 Å². The molecule has 0 spiro atoms. The van der Waals surface area contributed by atoms with E-state index in [9.17, 15) is 5.11 Å². The molecule has 66 valence electrons. The molecule has 0 radical (unpaired) electrons. The van der Waals surface area contributed by atoms with Gasteiger partial charge in [-0.2, -0.15) is 0 Å². The molecule has 0 bridgehead atoms. The summed E-state index contributed by atoms with van der Waals surface area (Å²) in [7, 11) is 6.61. The van der Waals surface area contributed by atoms with Gasteiger partial charge in [-0.3, -0.25) is 0 Å². The Kier molecular flexibility index (Phi) is 2.26. The van der Waals surface area contributed by atoms with Crippen LogP contribution in [0.2, 0.25) is 0 Å². The molecule has 1 saturated carbocycles. The van der Waals surface area contributed by atoms with Gasteiger partial charge in [0.15, 0.2) is 0 Å². The third kappa shape index (κ3) is 1.94. The van der Waals surface area contributed by atoms with Crippen LogP contribution < -0.4 is 0 Å². The predicted molar refractivity (Wildman–Crippen MR) is 46.2 cm³/mol. The van der Waals surface area contributed by atoms with Gasteiger partial charge in [-0.15, -0.1) is 0 Å². The van der Waals surface area contributed by atoms with Gasteiger partial charge in [-0.05, 0) is 5.92 Å². The zero-order valence-corrected chi connectivity index (χ0v) is 8.04. The Labute approximate surface area is 69.4 Å². The van der Waals surface area contributed by atoms with Gasteiger partial charge >= 0.3 is 0 Å². The molecule has 1 aliphatic carbocycles. The van der Waals surface area contributed by atoms with E-state index in [0.29, 0.717) is 12.0 Å². The lowest BCUT2D eigenvalue weighted by Gasteiger charge is -2.31. The smallest absolute Gasteiger partial charge is 0.0912 e. The topological polar surface area (TPSA) is 20.2 Å². The van der Waals surface area contributed by atoms with Crippen molar-refractivity contribution in [1.29, 1.82) is 0 Å². The van der Waals surface area contributed by atoms with Gasteiger partial charge in [-0.1, -0.05) is 6.92 Å². The first-order valence-electron chi connectivity index (χ1n) is 4.40. The van der Waals surface area contributed by atoms with Gasteiger partial charge < -0.3 is 9.59 Å². The molecule has 2 nitrogen and oxygen atoms in total. The number of aliphatic hydroxyl groups excluding tert-OH is 1. The molecule has 1 aliphatic rings. The summed E-state index contributed by atoms with van der Waals surface area (Å²) >= 11 is 0. The van der Waals surface area contributed by atoms with E-state index in [4.69, 9.17) is 0 Å². The van der Waals surface area contributed by atoms with Gasteiger partial charge in [0.1, 0.15) is 0 Å². The van der Waals surface area contributed by atoms with Crippen LogP contribution in [0.25, 0.3) is 0 Å². The molecule has 0 saturated heterocycles. The van der Waals surface area contributed by atoms with Crippen molar-refractivity contribution in [2.45, 2.75) is 31.9 Å². The predicted octanol–water partition coefficient (Wildman–Crippen LogP) is 0.852. The Morgan fingerprint density at radius 3 is 1.91 bits per heavy atom. The number of hydrogen-bond donors (Lipinski definition) is 1. The standard InChI is InChI=1S/C9H20NO/c1-7-5-8(6-9(7)11)10(2,3)4/h7-9,11H,5-6H2,1-4H3/q+1/t7?,8?,9-/m1/s1. The van der Waals surface area contributed by atoms with Crippen molar-refractivity contribution in [2.75, 3.05) is 21.1 Å². The molecule has 1 rings (SSSR count). The Morgan fingerprint density at radius 1 is 1.18 bits per heavy atom. The average Bonchev–Trinajstić information content (AvgIpc) is 2.11.